The summed E-state index contributed by atoms with van der Waals surface area (Å²) >= 11 is 5.96. The van der Waals surface area contributed by atoms with E-state index in [9.17, 15) is 4.79 Å². The van der Waals surface area contributed by atoms with Gasteiger partial charge in [-0.2, -0.15) is 0 Å². The van der Waals surface area contributed by atoms with Crippen LogP contribution in [0.5, 0.6) is 0 Å². The number of nitrogens with zero attached hydrogens (tertiary/aromatic N) is 2. The van der Waals surface area contributed by atoms with Gasteiger partial charge in [0.05, 0.1) is 5.69 Å². The molecule has 0 saturated heterocycles. The monoisotopic (exact) mass is 428 g/mol. The molecule has 1 aromatic heterocycles. The lowest BCUT2D eigenvalue weighted by Crippen LogP contribution is -2.25. The summed E-state index contributed by atoms with van der Waals surface area (Å²) in [5.74, 6) is 0.385. The zero-order valence-electron chi connectivity index (χ0n) is 16.8. The van der Waals surface area contributed by atoms with Crippen molar-refractivity contribution in [3.05, 3.63) is 107 Å². The predicted molar refractivity (Wildman–Crippen MR) is 125 cm³/mol. The minimum Gasteiger partial charge on any atom is -0.352 e. The first-order chi connectivity index (χ1) is 15.2. The molecule has 0 fully saturated rings. The summed E-state index contributed by atoms with van der Waals surface area (Å²) in [5, 5.41) is 6.81. The minimum atomic E-state index is -0.0940. The molecule has 0 atom stereocenters. The lowest BCUT2D eigenvalue weighted by molar-refractivity contribution is 0.0954. The van der Waals surface area contributed by atoms with Gasteiger partial charge in [-0.3, -0.25) is 4.79 Å². The van der Waals surface area contributed by atoms with E-state index in [-0.39, 0.29) is 5.91 Å². The molecule has 6 heteroatoms. The summed E-state index contributed by atoms with van der Waals surface area (Å²) in [6.07, 6.45) is 2.50. The normalized spacial score (nSPS) is 10.5. The Bertz CT molecular complexity index is 1150. The van der Waals surface area contributed by atoms with Crippen LogP contribution < -0.4 is 10.6 Å². The van der Waals surface area contributed by atoms with E-state index in [2.05, 4.69) is 32.7 Å². The number of carbonyl (C=O) groups is 1. The Balaban J connectivity index is 1.35. The summed E-state index contributed by atoms with van der Waals surface area (Å²) in [6.45, 7) is 0.591. The van der Waals surface area contributed by atoms with Gasteiger partial charge in [-0.15, -0.1) is 0 Å². The maximum atomic E-state index is 12.4. The van der Waals surface area contributed by atoms with Crippen molar-refractivity contribution in [1.82, 2.24) is 15.3 Å². The van der Waals surface area contributed by atoms with Crippen molar-refractivity contribution < 1.29 is 4.79 Å². The largest absolute Gasteiger partial charge is 0.352 e. The van der Waals surface area contributed by atoms with Crippen molar-refractivity contribution in [2.45, 2.75) is 6.42 Å². The van der Waals surface area contributed by atoms with E-state index in [1.807, 2.05) is 60.7 Å². The van der Waals surface area contributed by atoms with Gasteiger partial charge in [-0.05, 0) is 54.4 Å². The molecule has 0 spiro atoms. The third-order valence-electron chi connectivity index (χ3n) is 4.74. The number of aromatic nitrogens is 2. The molecule has 1 amide bonds. The predicted octanol–water partition coefficient (Wildman–Crippen LogP) is 5.51. The summed E-state index contributed by atoms with van der Waals surface area (Å²) in [5.41, 5.74) is 4.35. The third kappa shape index (κ3) is 5.68. The fourth-order valence-corrected chi connectivity index (χ4v) is 3.23. The van der Waals surface area contributed by atoms with Gasteiger partial charge in [0.25, 0.3) is 5.91 Å². The zero-order chi connectivity index (χ0) is 21.5. The first-order valence-electron chi connectivity index (χ1n) is 9.95. The average molecular weight is 429 g/mol. The number of amides is 1. The number of halogens is 1. The highest BCUT2D eigenvalue weighted by molar-refractivity contribution is 6.30. The topological polar surface area (TPSA) is 66.9 Å². The Hall–Kier alpha value is -3.70. The highest BCUT2D eigenvalue weighted by atomic mass is 35.5. The molecule has 0 aliphatic heterocycles. The summed E-state index contributed by atoms with van der Waals surface area (Å²) < 4.78 is 0. The van der Waals surface area contributed by atoms with E-state index in [0.717, 1.165) is 23.4 Å². The Labute approximate surface area is 186 Å². The standard InChI is InChI=1S/C25H21ClN4O/c26-21-10-6-19(7-11-21)23-15-17-28-25(30-23)29-22-12-8-20(9-13-22)24(31)27-16-14-18-4-2-1-3-5-18/h1-13,15,17H,14,16H2,(H,27,31)(H,28,29,30). The van der Waals surface area contributed by atoms with Gasteiger partial charge in [-0.25, -0.2) is 9.97 Å². The molecule has 31 heavy (non-hydrogen) atoms. The van der Waals surface area contributed by atoms with Crippen LogP contribution in [0.1, 0.15) is 15.9 Å². The van der Waals surface area contributed by atoms with Crippen LogP contribution in [-0.2, 0) is 6.42 Å². The highest BCUT2D eigenvalue weighted by Gasteiger charge is 2.07. The number of rotatable bonds is 7. The molecule has 0 aliphatic rings. The molecule has 4 aromatic rings. The summed E-state index contributed by atoms with van der Waals surface area (Å²) in [6, 6.07) is 26.7. The Morgan fingerprint density at radius 1 is 0.871 bits per heavy atom. The van der Waals surface area contributed by atoms with E-state index < -0.39 is 0 Å². The van der Waals surface area contributed by atoms with Gasteiger partial charge in [0.1, 0.15) is 0 Å². The third-order valence-corrected chi connectivity index (χ3v) is 4.99. The van der Waals surface area contributed by atoms with Crippen LogP contribution >= 0.6 is 11.6 Å². The van der Waals surface area contributed by atoms with Gasteiger partial charge in [0.15, 0.2) is 0 Å². The molecule has 0 aliphatic carbocycles. The molecule has 5 nitrogen and oxygen atoms in total. The number of nitrogens with one attached hydrogen (secondary N) is 2. The maximum Gasteiger partial charge on any atom is 0.251 e. The van der Waals surface area contributed by atoms with Crippen LogP contribution in [0, 0.1) is 0 Å². The lowest BCUT2D eigenvalue weighted by atomic mass is 10.1. The van der Waals surface area contributed by atoms with Gasteiger partial charge in [-0.1, -0.05) is 54.1 Å². The first-order valence-corrected chi connectivity index (χ1v) is 10.3. The summed E-state index contributed by atoms with van der Waals surface area (Å²) in [7, 11) is 0. The lowest BCUT2D eigenvalue weighted by Gasteiger charge is -2.09. The van der Waals surface area contributed by atoms with E-state index in [1.165, 1.54) is 5.56 Å². The molecule has 3 aromatic carbocycles. The molecule has 1 heterocycles. The molecule has 0 saturated carbocycles. The number of carbonyl (C=O) groups excluding carboxylic acids is 1. The first kappa shape index (κ1) is 20.6. The number of benzene rings is 3. The van der Waals surface area contributed by atoms with Crippen LogP contribution in [-0.4, -0.2) is 22.4 Å². The fourth-order valence-electron chi connectivity index (χ4n) is 3.10. The molecule has 4 rings (SSSR count). The van der Waals surface area contributed by atoms with E-state index in [0.29, 0.717) is 23.1 Å². The molecule has 0 bridgehead atoms. The Kier molecular flexibility index (Phi) is 6.55. The molecule has 2 N–H and O–H groups in total. The minimum absolute atomic E-state index is 0.0940. The van der Waals surface area contributed by atoms with Crippen LogP contribution in [0.3, 0.4) is 0 Å². The summed E-state index contributed by atoms with van der Waals surface area (Å²) in [4.78, 5) is 21.2. The molecular weight excluding hydrogens is 408 g/mol. The second-order valence-electron chi connectivity index (χ2n) is 6.97. The number of hydrogen-bond donors (Lipinski definition) is 2. The van der Waals surface area contributed by atoms with Crippen LogP contribution in [0.25, 0.3) is 11.3 Å². The second-order valence-corrected chi connectivity index (χ2v) is 7.40. The van der Waals surface area contributed by atoms with E-state index in [1.54, 1.807) is 18.3 Å². The fraction of sp³-hybridized carbons (Fsp3) is 0.0800. The van der Waals surface area contributed by atoms with E-state index >= 15 is 0 Å². The van der Waals surface area contributed by atoms with Crippen molar-refractivity contribution in [2.24, 2.45) is 0 Å². The number of anilines is 2. The van der Waals surface area contributed by atoms with E-state index in [4.69, 9.17) is 11.6 Å². The van der Waals surface area contributed by atoms with Crippen molar-refractivity contribution in [1.29, 1.82) is 0 Å². The Morgan fingerprint density at radius 3 is 2.35 bits per heavy atom. The second kappa shape index (κ2) is 9.87. The Morgan fingerprint density at radius 2 is 1.61 bits per heavy atom. The van der Waals surface area contributed by atoms with Crippen LogP contribution in [0.2, 0.25) is 5.02 Å². The molecular formula is C25H21ClN4O. The van der Waals surface area contributed by atoms with Crippen molar-refractivity contribution in [2.75, 3.05) is 11.9 Å². The smallest absolute Gasteiger partial charge is 0.251 e. The van der Waals surface area contributed by atoms with Gasteiger partial charge >= 0.3 is 0 Å². The van der Waals surface area contributed by atoms with Crippen molar-refractivity contribution in [3.63, 3.8) is 0 Å². The maximum absolute atomic E-state index is 12.4. The quantitative estimate of drug-likeness (QED) is 0.407. The van der Waals surface area contributed by atoms with Crippen LogP contribution in [0.15, 0.2) is 91.1 Å². The number of hydrogen-bond acceptors (Lipinski definition) is 4. The SMILES string of the molecule is O=C(NCCc1ccccc1)c1ccc(Nc2nccc(-c3ccc(Cl)cc3)n2)cc1. The molecule has 154 valence electrons. The van der Waals surface area contributed by atoms with Gasteiger partial charge in [0.2, 0.25) is 5.95 Å². The van der Waals surface area contributed by atoms with Crippen molar-refractivity contribution >= 4 is 29.1 Å². The highest BCUT2D eigenvalue weighted by Crippen LogP contribution is 2.21. The van der Waals surface area contributed by atoms with Crippen molar-refractivity contribution in [3.8, 4) is 11.3 Å². The molecule has 0 unspecified atom stereocenters. The molecule has 0 radical (unpaired) electrons. The van der Waals surface area contributed by atoms with Gasteiger partial charge in [0, 0.05) is 34.6 Å². The zero-order valence-corrected chi connectivity index (χ0v) is 17.5. The average Bonchev–Trinajstić information content (AvgIpc) is 2.81. The van der Waals surface area contributed by atoms with Gasteiger partial charge < -0.3 is 10.6 Å². The van der Waals surface area contributed by atoms with Crippen LogP contribution in [0.4, 0.5) is 11.6 Å².